The molecule has 1 aromatic carbocycles. The Hall–Kier alpha value is 0.756. The van der Waals surface area contributed by atoms with Crippen LogP contribution in [-0.4, -0.2) is 23.1 Å². The van der Waals surface area contributed by atoms with Gasteiger partial charge in [-0.05, 0) is 0 Å². The Balaban J connectivity index is 0. The Morgan fingerprint density at radius 2 is 2.00 bits per heavy atom. The van der Waals surface area contributed by atoms with Crippen LogP contribution < -0.4 is 12.4 Å². The minimum atomic E-state index is 0. The van der Waals surface area contributed by atoms with Crippen LogP contribution in [0.2, 0.25) is 0 Å². The van der Waals surface area contributed by atoms with Gasteiger partial charge in [-0.2, -0.15) is 30.3 Å². The van der Waals surface area contributed by atoms with Crippen molar-refractivity contribution >= 4 is 39.0 Å². The fourth-order valence-corrected chi connectivity index (χ4v) is 0.656. The molecule has 0 fully saturated rings. The molecule has 1 rings (SSSR count). The maximum Gasteiger partial charge on any atom is 2.00 e. The monoisotopic (exact) mass is 214 g/mol. The zero-order valence-corrected chi connectivity index (χ0v) is 8.53. The van der Waals surface area contributed by atoms with Crippen molar-refractivity contribution in [3.05, 3.63) is 34.8 Å². The summed E-state index contributed by atoms with van der Waals surface area (Å²) in [5.74, 6) is 0. The molecule has 44 valence electrons. The molecule has 0 radical (unpaired) electrons. The molecule has 0 unspecified atom stereocenters. The molecule has 0 amide bonds. The van der Waals surface area contributed by atoms with Gasteiger partial charge in [-0.1, -0.05) is 20.4 Å². The van der Waals surface area contributed by atoms with Gasteiger partial charge in [0.15, 0.2) is 0 Å². The third-order valence-electron chi connectivity index (χ3n) is 0.671. The van der Waals surface area contributed by atoms with E-state index in [0.29, 0.717) is 0 Å². The Morgan fingerprint density at radius 3 is 2.22 bits per heavy atom. The normalized spacial score (nSPS) is 6.78. The van der Waals surface area contributed by atoms with Crippen molar-refractivity contribution in [2.45, 2.75) is 0 Å². The number of benzene rings is 1. The quantitative estimate of drug-likeness (QED) is 0.380. The first-order chi connectivity index (χ1) is 3.39. The van der Waals surface area contributed by atoms with E-state index in [9.17, 15) is 0 Å². The zero-order valence-electron chi connectivity index (χ0n) is 4.77. The Bertz CT molecular complexity index is 143. The third-order valence-corrected chi connectivity index (χ3v) is 1.16. The van der Waals surface area contributed by atoms with E-state index in [1.54, 1.807) is 0 Å². The van der Waals surface area contributed by atoms with Crippen molar-refractivity contribution in [2.24, 2.45) is 0 Å². The molecule has 0 atom stereocenters. The second kappa shape index (κ2) is 6.87. The predicted molar refractivity (Wildman–Crippen MR) is 38.7 cm³/mol. The fraction of sp³-hybridized carbons (Fsp3) is 0. The molecule has 0 N–H and O–H groups in total. The van der Waals surface area contributed by atoms with Crippen LogP contribution in [0.1, 0.15) is 0 Å². The van der Waals surface area contributed by atoms with Crippen LogP contribution in [0.5, 0.6) is 0 Å². The second-order valence-corrected chi connectivity index (χ2v) is 2.06. The molecule has 0 heterocycles. The van der Waals surface area contributed by atoms with Crippen molar-refractivity contribution in [1.29, 1.82) is 0 Å². The molecular weight excluding hydrogens is 212 g/mol. The van der Waals surface area contributed by atoms with Gasteiger partial charge in [0.25, 0.3) is 0 Å². The van der Waals surface area contributed by atoms with Crippen LogP contribution in [0, 0.1) is 6.07 Å². The van der Waals surface area contributed by atoms with Crippen LogP contribution in [-0.2, 0) is 0 Å². The minimum absolute atomic E-state index is 0. The third kappa shape index (κ3) is 5.21. The van der Waals surface area contributed by atoms with Gasteiger partial charge in [-0.25, -0.2) is 0 Å². The van der Waals surface area contributed by atoms with E-state index in [1.165, 1.54) is 0 Å². The molecule has 0 saturated heterocycles. The van der Waals surface area contributed by atoms with Crippen molar-refractivity contribution in [2.75, 3.05) is 0 Å². The van der Waals surface area contributed by atoms with Gasteiger partial charge in [-0.3, -0.25) is 0 Å². The van der Waals surface area contributed by atoms with Crippen molar-refractivity contribution in [3.8, 4) is 0 Å². The Kier molecular flexibility index (Phi) is 9.49. The number of halogens is 2. The van der Waals surface area contributed by atoms with Crippen LogP contribution in [0.25, 0.3) is 0 Å². The summed E-state index contributed by atoms with van der Waals surface area (Å²) in [7, 11) is 0. The standard InChI is InChI=1S/C6H4Br.ClH.Mg/c7-6-4-2-1-3-5-6;;/h1-4H;1H;/q-1;;+2/p-1. The first kappa shape index (κ1) is 12.4. The summed E-state index contributed by atoms with van der Waals surface area (Å²) < 4.78 is 1.01. The van der Waals surface area contributed by atoms with E-state index < -0.39 is 0 Å². The van der Waals surface area contributed by atoms with Crippen molar-refractivity contribution < 1.29 is 12.4 Å². The van der Waals surface area contributed by atoms with E-state index in [4.69, 9.17) is 0 Å². The summed E-state index contributed by atoms with van der Waals surface area (Å²) in [5, 5.41) is 0. The fourth-order valence-electron chi connectivity index (χ4n) is 0.371. The van der Waals surface area contributed by atoms with E-state index >= 15 is 0 Å². The van der Waals surface area contributed by atoms with Crippen LogP contribution in [0.4, 0.5) is 0 Å². The number of hydrogen-bond acceptors (Lipinski definition) is 0. The number of rotatable bonds is 0. The molecule has 0 aliphatic heterocycles. The SMILES string of the molecule is Brc1[c-]cccc1.[Cl-].[Mg+2]. The molecule has 1 aromatic rings. The van der Waals surface area contributed by atoms with Gasteiger partial charge in [0.05, 0.1) is 0 Å². The van der Waals surface area contributed by atoms with Crippen molar-refractivity contribution in [1.82, 2.24) is 0 Å². The molecule has 0 bridgehead atoms. The predicted octanol–water partition coefficient (Wildman–Crippen LogP) is -1.13. The topological polar surface area (TPSA) is 0 Å². The average Bonchev–Trinajstić information content (AvgIpc) is 1.69. The summed E-state index contributed by atoms with van der Waals surface area (Å²) in [4.78, 5) is 0. The molecule has 0 aliphatic carbocycles. The minimum Gasteiger partial charge on any atom is -1.00 e. The Morgan fingerprint density at radius 1 is 1.33 bits per heavy atom. The largest absolute Gasteiger partial charge is 2.00 e. The second-order valence-electron chi connectivity index (χ2n) is 1.21. The zero-order chi connectivity index (χ0) is 5.11. The molecule has 3 heteroatoms. The van der Waals surface area contributed by atoms with Gasteiger partial charge < -0.3 is 12.4 Å². The first-order valence-electron chi connectivity index (χ1n) is 2.02. The smallest absolute Gasteiger partial charge is 1.00 e. The molecule has 0 aromatic heterocycles. The average molecular weight is 216 g/mol. The summed E-state index contributed by atoms with van der Waals surface area (Å²) in [5.41, 5.74) is 0. The van der Waals surface area contributed by atoms with Crippen LogP contribution in [0.15, 0.2) is 28.7 Å². The van der Waals surface area contributed by atoms with Gasteiger partial charge in [-0.15, -0.1) is 0 Å². The number of hydrogen-bond donors (Lipinski definition) is 0. The molecule has 0 saturated carbocycles. The van der Waals surface area contributed by atoms with Crippen LogP contribution in [0.3, 0.4) is 0 Å². The van der Waals surface area contributed by atoms with Gasteiger partial charge in [0, 0.05) is 0 Å². The van der Waals surface area contributed by atoms with Crippen LogP contribution >= 0.6 is 15.9 Å². The molecule has 0 aliphatic rings. The van der Waals surface area contributed by atoms with E-state index in [2.05, 4.69) is 22.0 Å². The van der Waals surface area contributed by atoms with Gasteiger partial charge >= 0.3 is 23.1 Å². The summed E-state index contributed by atoms with van der Waals surface area (Å²) in [6, 6.07) is 10.7. The summed E-state index contributed by atoms with van der Waals surface area (Å²) >= 11 is 3.26. The Labute approximate surface area is 85.7 Å². The molecule has 0 nitrogen and oxygen atoms in total. The van der Waals surface area contributed by atoms with Gasteiger partial charge in [0.1, 0.15) is 0 Å². The maximum absolute atomic E-state index is 3.26. The van der Waals surface area contributed by atoms with E-state index in [0.717, 1.165) is 4.47 Å². The molecule has 9 heavy (non-hydrogen) atoms. The van der Waals surface area contributed by atoms with Gasteiger partial charge in [0.2, 0.25) is 0 Å². The molecular formula is C6H4BrClMg. The molecule has 0 spiro atoms. The van der Waals surface area contributed by atoms with E-state index in [1.807, 2.05) is 24.3 Å². The summed E-state index contributed by atoms with van der Waals surface area (Å²) in [6.45, 7) is 0. The first-order valence-corrected chi connectivity index (χ1v) is 2.81. The van der Waals surface area contributed by atoms with Crippen molar-refractivity contribution in [3.63, 3.8) is 0 Å². The summed E-state index contributed by atoms with van der Waals surface area (Å²) in [6.07, 6.45) is 0. The van der Waals surface area contributed by atoms with E-state index in [-0.39, 0.29) is 35.5 Å². The maximum atomic E-state index is 3.26.